The Labute approximate surface area is 206 Å². The molecule has 2 N–H and O–H groups in total. The van der Waals surface area contributed by atoms with Crippen molar-refractivity contribution in [2.45, 2.75) is 33.4 Å². The summed E-state index contributed by atoms with van der Waals surface area (Å²) in [4.78, 5) is 4.65. The standard InChI is InChI=1S/C24H29FN4O2.HI/c1-3-27-24(28-13-20-7-5-18(12-26)11-22(20)25)29-14-21-6-4-17(2)10-23(21)31-16-19-8-9-30-15-19;/h4-7,10-11,19H,3,8-9,13-16H2,1-2H3,(H2,27,28,29);1H. The number of halogens is 2. The number of rotatable bonds is 8. The first-order valence-corrected chi connectivity index (χ1v) is 10.6. The molecule has 0 aromatic heterocycles. The van der Waals surface area contributed by atoms with Crippen LogP contribution < -0.4 is 15.4 Å². The van der Waals surface area contributed by atoms with Crippen molar-refractivity contribution in [2.75, 3.05) is 26.4 Å². The fourth-order valence-electron chi connectivity index (χ4n) is 3.29. The van der Waals surface area contributed by atoms with Crippen molar-refractivity contribution in [2.24, 2.45) is 10.9 Å². The smallest absolute Gasteiger partial charge is 0.191 e. The van der Waals surface area contributed by atoms with Crippen LogP contribution in [0, 0.1) is 30.0 Å². The Morgan fingerprint density at radius 2 is 2.06 bits per heavy atom. The second-order valence-electron chi connectivity index (χ2n) is 7.62. The third-order valence-corrected chi connectivity index (χ3v) is 5.10. The van der Waals surface area contributed by atoms with E-state index in [2.05, 4.69) is 15.6 Å². The minimum atomic E-state index is -0.410. The molecule has 6 nitrogen and oxygen atoms in total. The van der Waals surface area contributed by atoms with E-state index in [1.807, 2.05) is 38.1 Å². The molecule has 8 heteroatoms. The van der Waals surface area contributed by atoms with E-state index < -0.39 is 5.82 Å². The number of ether oxygens (including phenoxy) is 2. The van der Waals surface area contributed by atoms with Gasteiger partial charge in [0.1, 0.15) is 11.6 Å². The first-order chi connectivity index (χ1) is 15.1. The van der Waals surface area contributed by atoms with E-state index in [1.165, 1.54) is 6.07 Å². The van der Waals surface area contributed by atoms with E-state index in [0.717, 1.165) is 36.5 Å². The van der Waals surface area contributed by atoms with Crippen LogP contribution >= 0.6 is 24.0 Å². The third kappa shape index (κ3) is 7.64. The molecular weight excluding hydrogens is 522 g/mol. The maximum atomic E-state index is 14.2. The monoisotopic (exact) mass is 552 g/mol. The van der Waals surface area contributed by atoms with E-state index in [9.17, 15) is 4.39 Å². The van der Waals surface area contributed by atoms with Gasteiger partial charge in [-0.2, -0.15) is 5.26 Å². The van der Waals surface area contributed by atoms with Crippen molar-refractivity contribution in [1.82, 2.24) is 10.6 Å². The summed E-state index contributed by atoms with van der Waals surface area (Å²) in [5.41, 5.74) is 2.90. The molecule has 1 atom stereocenters. The molecule has 2 aromatic rings. The molecule has 0 amide bonds. The lowest BCUT2D eigenvalue weighted by Gasteiger charge is -2.15. The van der Waals surface area contributed by atoms with Crippen LogP contribution in [0.1, 0.15) is 35.6 Å². The average Bonchev–Trinajstić information content (AvgIpc) is 3.29. The number of hydrogen-bond donors (Lipinski definition) is 2. The molecule has 1 heterocycles. The molecule has 0 spiro atoms. The Hall–Kier alpha value is -2.38. The Bertz CT molecular complexity index is 956. The highest BCUT2D eigenvalue weighted by Gasteiger charge is 2.17. The fraction of sp³-hybridized carbons (Fsp3) is 0.417. The van der Waals surface area contributed by atoms with Crippen LogP contribution in [-0.4, -0.2) is 32.3 Å². The zero-order valence-corrected chi connectivity index (χ0v) is 20.8. The van der Waals surface area contributed by atoms with E-state index in [4.69, 9.17) is 14.7 Å². The number of nitrogens with zero attached hydrogens (tertiary/aromatic N) is 2. The zero-order chi connectivity index (χ0) is 22.1. The summed E-state index contributed by atoms with van der Waals surface area (Å²) in [6.07, 6.45) is 1.03. The van der Waals surface area contributed by atoms with Crippen LogP contribution in [0.4, 0.5) is 4.39 Å². The lowest BCUT2D eigenvalue weighted by atomic mass is 10.1. The minimum absolute atomic E-state index is 0. The number of guanidine groups is 1. The Balaban J connectivity index is 0.00000363. The number of nitrogens with one attached hydrogen (secondary N) is 2. The van der Waals surface area contributed by atoms with Crippen molar-refractivity contribution in [3.05, 3.63) is 64.5 Å². The van der Waals surface area contributed by atoms with E-state index in [1.54, 1.807) is 12.1 Å². The molecule has 0 aliphatic carbocycles. The summed E-state index contributed by atoms with van der Waals surface area (Å²) in [6, 6.07) is 12.5. The van der Waals surface area contributed by atoms with Gasteiger partial charge in [0.05, 0.1) is 31.4 Å². The summed E-state index contributed by atoms with van der Waals surface area (Å²) in [6.45, 7) is 7.58. The van der Waals surface area contributed by atoms with Gasteiger partial charge in [0.25, 0.3) is 0 Å². The van der Waals surface area contributed by atoms with Crippen molar-refractivity contribution >= 4 is 29.9 Å². The second kappa shape index (κ2) is 13.2. The predicted octanol–water partition coefficient (Wildman–Crippen LogP) is 4.29. The first kappa shape index (κ1) is 25.9. The maximum Gasteiger partial charge on any atom is 0.191 e. The molecular formula is C24H30FIN4O2. The van der Waals surface area contributed by atoms with Crippen molar-refractivity contribution < 1.29 is 13.9 Å². The number of hydrogen-bond acceptors (Lipinski definition) is 4. The molecule has 1 aliphatic rings. The van der Waals surface area contributed by atoms with Gasteiger partial charge in [-0.1, -0.05) is 18.2 Å². The normalized spacial score (nSPS) is 15.6. The van der Waals surface area contributed by atoms with Crippen LogP contribution in [0.15, 0.2) is 41.4 Å². The molecule has 0 bridgehead atoms. The van der Waals surface area contributed by atoms with Crippen LogP contribution in [-0.2, 0) is 17.8 Å². The summed E-state index contributed by atoms with van der Waals surface area (Å²) in [5.74, 6) is 1.44. The third-order valence-electron chi connectivity index (χ3n) is 5.10. The van der Waals surface area contributed by atoms with Gasteiger partial charge in [0.15, 0.2) is 5.96 Å². The Kier molecular flexibility index (Phi) is 10.7. The molecule has 32 heavy (non-hydrogen) atoms. The molecule has 3 rings (SSSR count). The molecule has 0 radical (unpaired) electrons. The van der Waals surface area contributed by atoms with E-state index in [0.29, 0.717) is 42.7 Å². The molecule has 2 aromatic carbocycles. The SMILES string of the molecule is CCNC(=NCc1ccc(C)cc1OCC1CCOC1)NCc1ccc(C#N)cc1F.I. The molecule has 1 saturated heterocycles. The number of benzene rings is 2. The Morgan fingerprint density at radius 1 is 1.25 bits per heavy atom. The summed E-state index contributed by atoms with van der Waals surface area (Å²) >= 11 is 0. The topological polar surface area (TPSA) is 78.7 Å². The highest BCUT2D eigenvalue weighted by Crippen LogP contribution is 2.23. The van der Waals surface area contributed by atoms with Crippen LogP contribution in [0.2, 0.25) is 0 Å². The zero-order valence-electron chi connectivity index (χ0n) is 18.5. The van der Waals surface area contributed by atoms with Crippen LogP contribution in [0.25, 0.3) is 0 Å². The van der Waals surface area contributed by atoms with Gasteiger partial charge >= 0.3 is 0 Å². The largest absolute Gasteiger partial charge is 0.493 e. The molecule has 1 fully saturated rings. The number of aliphatic imine (C=N–C) groups is 1. The van der Waals surface area contributed by atoms with Gasteiger partial charge in [0, 0.05) is 36.7 Å². The number of nitriles is 1. The maximum absolute atomic E-state index is 14.2. The quantitative estimate of drug-likeness (QED) is 0.290. The lowest BCUT2D eigenvalue weighted by molar-refractivity contribution is 0.166. The highest BCUT2D eigenvalue weighted by atomic mass is 127. The molecule has 1 aliphatic heterocycles. The van der Waals surface area contributed by atoms with Gasteiger partial charge < -0.3 is 20.1 Å². The first-order valence-electron chi connectivity index (χ1n) is 10.6. The minimum Gasteiger partial charge on any atom is -0.493 e. The van der Waals surface area contributed by atoms with Crippen LogP contribution in [0.5, 0.6) is 5.75 Å². The molecule has 0 saturated carbocycles. The van der Waals surface area contributed by atoms with Gasteiger partial charge in [-0.05, 0) is 44.0 Å². The fourth-order valence-corrected chi connectivity index (χ4v) is 3.29. The van der Waals surface area contributed by atoms with E-state index >= 15 is 0 Å². The Morgan fingerprint density at radius 3 is 2.75 bits per heavy atom. The van der Waals surface area contributed by atoms with Crippen molar-refractivity contribution in [3.8, 4) is 11.8 Å². The average molecular weight is 552 g/mol. The van der Waals surface area contributed by atoms with Crippen molar-refractivity contribution in [1.29, 1.82) is 5.26 Å². The van der Waals surface area contributed by atoms with Gasteiger partial charge in [0.2, 0.25) is 0 Å². The van der Waals surface area contributed by atoms with E-state index in [-0.39, 0.29) is 30.5 Å². The predicted molar refractivity (Wildman–Crippen MR) is 134 cm³/mol. The summed E-state index contributed by atoms with van der Waals surface area (Å²) in [7, 11) is 0. The number of aryl methyl sites for hydroxylation is 1. The van der Waals surface area contributed by atoms with Crippen molar-refractivity contribution in [3.63, 3.8) is 0 Å². The van der Waals surface area contributed by atoms with Crippen LogP contribution in [0.3, 0.4) is 0 Å². The summed E-state index contributed by atoms with van der Waals surface area (Å²) in [5, 5.41) is 15.2. The highest BCUT2D eigenvalue weighted by molar-refractivity contribution is 14.0. The lowest BCUT2D eigenvalue weighted by Crippen LogP contribution is -2.37. The van der Waals surface area contributed by atoms with Gasteiger partial charge in [-0.3, -0.25) is 0 Å². The molecule has 172 valence electrons. The molecule has 1 unspecified atom stereocenters. The second-order valence-corrected chi connectivity index (χ2v) is 7.62. The van der Waals surface area contributed by atoms with Gasteiger partial charge in [-0.15, -0.1) is 24.0 Å². The summed E-state index contributed by atoms with van der Waals surface area (Å²) < 4.78 is 25.7. The van der Waals surface area contributed by atoms with Gasteiger partial charge in [-0.25, -0.2) is 9.38 Å².